The van der Waals surface area contributed by atoms with Gasteiger partial charge in [-0.2, -0.15) is 0 Å². The third kappa shape index (κ3) is 3.39. The summed E-state index contributed by atoms with van der Waals surface area (Å²) < 4.78 is 2.70. The molecule has 1 fully saturated rings. The summed E-state index contributed by atoms with van der Waals surface area (Å²) in [5.74, 6) is 0. The molecule has 1 heterocycles. The van der Waals surface area contributed by atoms with E-state index in [0.717, 1.165) is 3.63 Å². The molecule has 0 atom stereocenters. The predicted octanol–water partition coefficient (Wildman–Crippen LogP) is 0.0117. The van der Waals surface area contributed by atoms with Gasteiger partial charge in [0.15, 0.2) is 0 Å². The Bertz CT molecular complexity index is 860. The summed E-state index contributed by atoms with van der Waals surface area (Å²) in [4.78, 5) is 0. The quantitative estimate of drug-likeness (QED) is 0.536. The number of benzene rings is 2. The molecule has 0 amide bonds. The molecule has 0 radical (unpaired) electrons. The van der Waals surface area contributed by atoms with E-state index in [0.29, 0.717) is 0 Å². The van der Waals surface area contributed by atoms with Crippen LogP contribution in [0.15, 0.2) is 70.0 Å². The zero-order valence-corrected chi connectivity index (χ0v) is 19.7. The molecule has 5 rings (SSSR count). The van der Waals surface area contributed by atoms with Crippen LogP contribution in [0.3, 0.4) is 0 Å². The van der Waals surface area contributed by atoms with Crippen LogP contribution in [-0.2, 0) is 20.4 Å². The normalized spacial score (nSPS) is 16.9. The standard InChI is InChI=1S/C13H9.C5H5.C4H8Si.2ClH.Zr/c1-3-7-12-10(5-1)9-11-6-2-4-8-13(11)12;2*1-2-4-5-3-1;;;/h1-9H;1-3H,4H2;1-4H2;2*1H;/q;;;;;+2/p-2. The molecule has 2 aromatic carbocycles. The second kappa shape index (κ2) is 8.74. The Hall–Kier alpha value is -0.400. The van der Waals surface area contributed by atoms with Gasteiger partial charge in [0.05, 0.1) is 0 Å². The summed E-state index contributed by atoms with van der Waals surface area (Å²) in [5, 5.41) is 0. The largest absolute Gasteiger partial charge is 1.00 e. The van der Waals surface area contributed by atoms with E-state index < -0.39 is 20.4 Å². The number of hydrogen-bond donors (Lipinski definition) is 0. The maximum Gasteiger partial charge on any atom is -1.00 e. The van der Waals surface area contributed by atoms with Crippen LogP contribution in [0.1, 0.15) is 34.0 Å². The van der Waals surface area contributed by atoms with Crippen LogP contribution in [0.4, 0.5) is 0 Å². The number of halogens is 2. The van der Waals surface area contributed by atoms with Crippen molar-refractivity contribution < 1.29 is 45.2 Å². The molecule has 0 saturated carbocycles. The minimum Gasteiger partial charge on any atom is -1.00 e. The van der Waals surface area contributed by atoms with Gasteiger partial charge in [-0.05, 0) is 0 Å². The van der Waals surface area contributed by atoms with Crippen molar-refractivity contribution in [2.75, 3.05) is 0 Å². The zero-order chi connectivity index (χ0) is 15.9. The molecule has 2 aliphatic carbocycles. The first-order valence-corrected chi connectivity index (χ1v) is 17.4. The molecule has 4 heteroatoms. The summed E-state index contributed by atoms with van der Waals surface area (Å²) in [6, 6.07) is 21.8. The van der Waals surface area contributed by atoms with Crippen LogP contribution in [0.2, 0.25) is 12.1 Å². The Balaban J connectivity index is 0.000000980. The molecule has 0 aromatic heterocycles. The van der Waals surface area contributed by atoms with Gasteiger partial charge in [0.25, 0.3) is 0 Å². The van der Waals surface area contributed by atoms with Gasteiger partial charge in [-0.3, -0.25) is 0 Å². The molecule has 0 N–H and O–H groups in total. The number of hydrogen-bond acceptors (Lipinski definition) is 0. The van der Waals surface area contributed by atoms with Crippen molar-refractivity contribution in [2.24, 2.45) is 0 Å². The van der Waals surface area contributed by atoms with E-state index in [9.17, 15) is 0 Å². The summed E-state index contributed by atoms with van der Waals surface area (Å²) in [7, 11) is 0. The Morgan fingerprint density at radius 2 is 1.38 bits per heavy atom. The van der Waals surface area contributed by atoms with Crippen molar-refractivity contribution in [3.63, 3.8) is 0 Å². The summed E-state index contributed by atoms with van der Waals surface area (Å²) in [6.07, 6.45) is 11.5. The SMILES string of the molecule is C1=CC[C]([Zr+2]([CH]2c3ccccc3-c3ccccc32)=[Si]2CCCC2)=C1.[Cl-].[Cl-]. The molecular formula is C22H22Cl2SiZr. The van der Waals surface area contributed by atoms with Crippen LogP contribution in [0, 0.1) is 0 Å². The first-order chi connectivity index (χ1) is 11.9. The molecule has 132 valence electrons. The molecule has 0 unspecified atom stereocenters. The van der Waals surface area contributed by atoms with Gasteiger partial charge in [-0.1, -0.05) is 0 Å². The van der Waals surface area contributed by atoms with Crippen molar-refractivity contribution in [1.82, 2.24) is 0 Å². The molecule has 2 aromatic rings. The van der Waals surface area contributed by atoms with E-state index in [1.165, 1.54) is 30.4 Å². The smallest absolute Gasteiger partial charge is 1.00 e. The Morgan fingerprint density at radius 1 is 0.808 bits per heavy atom. The van der Waals surface area contributed by atoms with E-state index in [1.807, 2.05) is 3.28 Å². The monoisotopic (exact) mass is 474 g/mol. The van der Waals surface area contributed by atoms with E-state index in [1.54, 1.807) is 23.2 Å². The molecule has 0 nitrogen and oxygen atoms in total. The van der Waals surface area contributed by atoms with Crippen molar-refractivity contribution >= 4 is 5.43 Å². The predicted molar refractivity (Wildman–Crippen MR) is 100 cm³/mol. The third-order valence-corrected chi connectivity index (χ3v) is 27.0. The second-order valence-corrected chi connectivity index (χ2v) is 22.8. The maximum absolute atomic E-state index is 2.52. The zero-order valence-electron chi connectivity index (χ0n) is 14.7. The van der Waals surface area contributed by atoms with Crippen molar-refractivity contribution in [1.29, 1.82) is 0 Å². The molecule has 1 saturated heterocycles. The average Bonchev–Trinajstić information content (AvgIpc) is 3.37. The molecule has 0 bridgehead atoms. The maximum atomic E-state index is 2.52. The van der Waals surface area contributed by atoms with E-state index >= 15 is 0 Å². The summed E-state index contributed by atoms with van der Waals surface area (Å²) in [5.41, 5.74) is 6.29. The fourth-order valence-corrected chi connectivity index (χ4v) is 28.9. The minimum atomic E-state index is -1.69. The van der Waals surface area contributed by atoms with Gasteiger partial charge in [-0.15, -0.1) is 0 Å². The van der Waals surface area contributed by atoms with Gasteiger partial charge in [-0.25, -0.2) is 0 Å². The van der Waals surface area contributed by atoms with Crippen molar-refractivity contribution in [3.8, 4) is 11.1 Å². The van der Waals surface area contributed by atoms with Crippen LogP contribution in [0.5, 0.6) is 0 Å². The summed E-state index contributed by atoms with van der Waals surface area (Å²) >= 11 is -1.69. The fourth-order valence-electron chi connectivity index (χ4n) is 4.80. The minimum absolute atomic E-state index is 0. The van der Waals surface area contributed by atoms with Gasteiger partial charge in [0, 0.05) is 0 Å². The molecule has 26 heavy (non-hydrogen) atoms. The topological polar surface area (TPSA) is 0 Å². The average molecular weight is 477 g/mol. The van der Waals surface area contributed by atoms with E-state index in [4.69, 9.17) is 0 Å². The Labute approximate surface area is 176 Å². The number of fused-ring (bicyclic) bond motifs is 3. The van der Waals surface area contributed by atoms with Crippen LogP contribution in [0.25, 0.3) is 11.1 Å². The first-order valence-electron chi connectivity index (χ1n) is 9.19. The Kier molecular flexibility index (Phi) is 6.83. The second-order valence-electron chi connectivity index (χ2n) is 7.16. The van der Waals surface area contributed by atoms with Crippen molar-refractivity contribution in [3.05, 3.63) is 81.2 Å². The molecular weight excluding hydrogens is 454 g/mol. The molecule has 0 spiro atoms. The van der Waals surface area contributed by atoms with Crippen molar-refractivity contribution in [2.45, 2.75) is 35.0 Å². The number of allylic oxidation sites excluding steroid dienone is 4. The van der Waals surface area contributed by atoms with Gasteiger partial charge >= 0.3 is 153 Å². The fraction of sp³-hybridized carbons (Fsp3) is 0.273. The van der Waals surface area contributed by atoms with Crippen LogP contribution >= 0.6 is 0 Å². The van der Waals surface area contributed by atoms with E-state index in [-0.39, 0.29) is 30.2 Å². The van der Waals surface area contributed by atoms with E-state index in [2.05, 4.69) is 66.8 Å². The van der Waals surface area contributed by atoms with Gasteiger partial charge in [0.1, 0.15) is 0 Å². The van der Waals surface area contributed by atoms with Crippen LogP contribution < -0.4 is 24.8 Å². The Morgan fingerprint density at radius 3 is 1.92 bits per heavy atom. The van der Waals surface area contributed by atoms with Gasteiger partial charge in [0.2, 0.25) is 0 Å². The summed E-state index contributed by atoms with van der Waals surface area (Å²) in [6.45, 7) is 0. The first kappa shape index (κ1) is 20.3. The number of rotatable bonds is 2. The van der Waals surface area contributed by atoms with Crippen LogP contribution in [-0.4, -0.2) is 5.43 Å². The molecule has 3 aliphatic rings. The third-order valence-electron chi connectivity index (χ3n) is 5.83. The molecule has 1 aliphatic heterocycles. The van der Waals surface area contributed by atoms with Gasteiger partial charge < -0.3 is 24.8 Å².